The van der Waals surface area contributed by atoms with Crippen LogP contribution >= 0.6 is 0 Å². The van der Waals surface area contributed by atoms with E-state index in [-0.39, 0.29) is 11.8 Å². The van der Waals surface area contributed by atoms with Crippen molar-refractivity contribution in [2.75, 3.05) is 32.8 Å². The SMILES string of the molecule is O=C(NCC(Cc1ccccc1)N1CCOCC1)C1CCCCC1. The summed E-state index contributed by atoms with van der Waals surface area (Å²) < 4.78 is 5.49. The molecule has 2 fully saturated rings. The van der Waals surface area contributed by atoms with Crippen LogP contribution in [0.25, 0.3) is 0 Å². The van der Waals surface area contributed by atoms with Gasteiger partial charge in [-0.3, -0.25) is 9.69 Å². The van der Waals surface area contributed by atoms with E-state index in [1.54, 1.807) is 0 Å². The number of amides is 1. The van der Waals surface area contributed by atoms with E-state index in [2.05, 4.69) is 40.5 Å². The Hall–Kier alpha value is -1.39. The van der Waals surface area contributed by atoms with Crippen LogP contribution in [0.2, 0.25) is 0 Å². The summed E-state index contributed by atoms with van der Waals surface area (Å²) in [7, 11) is 0. The van der Waals surface area contributed by atoms with Crippen LogP contribution in [0.5, 0.6) is 0 Å². The Balaban J connectivity index is 1.57. The summed E-state index contributed by atoms with van der Waals surface area (Å²) in [6.07, 6.45) is 6.80. The fourth-order valence-electron chi connectivity index (χ4n) is 3.89. The van der Waals surface area contributed by atoms with E-state index < -0.39 is 0 Å². The summed E-state index contributed by atoms with van der Waals surface area (Å²) in [4.78, 5) is 15.0. The Morgan fingerprint density at radius 3 is 2.54 bits per heavy atom. The van der Waals surface area contributed by atoms with Crippen molar-refractivity contribution in [1.82, 2.24) is 10.2 Å². The second-order valence-corrected chi connectivity index (χ2v) is 7.07. The molecule has 1 aromatic carbocycles. The number of rotatable bonds is 6. The number of benzene rings is 1. The van der Waals surface area contributed by atoms with Crippen molar-refractivity contribution < 1.29 is 9.53 Å². The normalized spacial score (nSPS) is 21.3. The monoisotopic (exact) mass is 330 g/mol. The standard InChI is InChI=1S/C20H30N2O2/c23-20(18-9-5-2-6-10-18)21-16-19(22-11-13-24-14-12-22)15-17-7-3-1-4-8-17/h1,3-4,7-8,18-19H,2,5-6,9-16H2,(H,21,23). The summed E-state index contributed by atoms with van der Waals surface area (Å²) in [5.41, 5.74) is 1.33. The van der Waals surface area contributed by atoms with Crippen LogP contribution in [0.1, 0.15) is 37.7 Å². The lowest BCUT2D eigenvalue weighted by atomic mass is 9.88. The molecule has 0 radical (unpaired) electrons. The van der Waals surface area contributed by atoms with Gasteiger partial charge in [0.1, 0.15) is 0 Å². The number of carbonyl (C=O) groups excluding carboxylic acids is 1. The van der Waals surface area contributed by atoms with Crippen LogP contribution in [0.4, 0.5) is 0 Å². The molecule has 1 saturated carbocycles. The van der Waals surface area contributed by atoms with Crippen LogP contribution in [0.3, 0.4) is 0 Å². The molecular weight excluding hydrogens is 300 g/mol. The number of hydrogen-bond acceptors (Lipinski definition) is 3. The second kappa shape index (κ2) is 9.19. The van der Waals surface area contributed by atoms with Gasteiger partial charge >= 0.3 is 0 Å². The topological polar surface area (TPSA) is 41.6 Å². The Bertz CT molecular complexity index is 494. The summed E-state index contributed by atoms with van der Waals surface area (Å²) in [5.74, 6) is 0.502. The van der Waals surface area contributed by atoms with E-state index in [4.69, 9.17) is 4.74 Å². The van der Waals surface area contributed by atoms with E-state index in [9.17, 15) is 4.79 Å². The molecule has 4 nitrogen and oxygen atoms in total. The molecule has 1 aliphatic heterocycles. The van der Waals surface area contributed by atoms with Crippen molar-refractivity contribution in [3.05, 3.63) is 35.9 Å². The fraction of sp³-hybridized carbons (Fsp3) is 0.650. The molecule has 1 amide bonds. The van der Waals surface area contributed by atoms with Gasteiger partial charge in [-0.2, -0.15) is 0 Å². The highest BCUT2D eigenvalue weighted by atomic mass is 16.5. The molecule has 1 N–H and O–H groups in total. The van der Waals surface area contributed by atoms with Gasteiger partial charge in [0, 0.05) is 31.6 Å². The summed E-state index contributed by atoms with van der Waals surface area (Å²) in [5, 5.41) is 3.25. The summed E-state index contributed by atoms with van der Waals surface area (Å²) >= 11 is 0. The molecule has 0 spiro atoms. The Morgan fingerprint density at radius 2 is 1.83 bits per heavy atom. The number of carbonyl (C=O) groups is 1. The highest BCUT2D eigenvalue weighted by Crippen LogP contribution is 2.23. The molecule has 24 heavy (non-hydrogen) atoms. The van der Waals surface area contributed by atoms with Crippen molar-refractivity contribution in [2.24, 2.45) is 5.92 Å². The number of nitrogens with one attached hydrogen (secondary N) is 1. The van der Waals surface area contributed by atoms with E-state index >= 15 is 0 Å². The lowest BCUT2D eigenvalue weighted by Gasteiger charge is -2.35. The minimum Gasteiger partial charge on any atom is -0.379 e. The zero-order valence-corrected chi connectivity index (χ0v) is 14.6. The minimum absolute atomic E-state index is 0.237. The summed E-state index contributed by atoms with van der Waals surface area (Å²) in [6, 6.07) is 10.9. The minimum atomic E-state index is 0.237. The van der Waals surface area contributed by atoms with Gasteiger partial charge in [0.15, 0.2) is 0 Å². The van der Waals surface area contributed by atoms with E-state index in [1.807, 2.05) is 0 Å². The molecule has 1 aliphatic carbocycles. The van der Waals surface area contributed by atoms with E-state index in [0.717, 1.165) is 52.1 Å². The average Bonchev–Trinajstić information content (AvgIpc) is 2.67. The van der Waals surface area contributed by atoms with E-state index in [1.165, 1.54) is 24.8 Å². The predicted octanol–water partition coefficient (Wildman–Crippen LogP) is 2.63. The zero-order valence-electron chi connectivity index (χ0n) is 14.6. The molecule has 3 rings (SSSR count). The number of hydrogen-bond donors (Lipinski definition) is 1. The molecular formula is C20H30N2O2. The molecule has 1 atom stereocenters. The maximum atomic E-state index is 12.5. The highest BCUT2D eigenvalue weighted by Gasteiger charge is 2.25. The predicted molar refractivity (Wildman–Crippen MR) is 95.9 cm³/mol. The first-order chi connectivity index (χ1) is 11.8. The summed E-state index contributed by atoms with van der Waals surface area (Å²) in [6.45, 7) is 4.24. The van der Waals surface area contributed by atoms with Crippen LogP contribution < -0.4 is 5.32 Å². The fourth-order valence-corrected chi connectivity index (χ4v) is 3.89. The maximum absolute atomic E-state index is 12.5. The first-order valence-electron chi connectivity index (χ1n) is 9.46. The largest absolute Gasteiger partial charge is 0.379 e. The van der Waals surface area contributed by atoms with Crippen molar-refractivity contribution >= 4 is 5.91 Å². The molecule has 2 aliphatic rings. The van der Waals surface area contributed by atoms with Gasteiger partial charge in [-0.1, -0.05) is 49.6 Å². The van der Waals surface area contributed by atoms with Crippen LogP contribution in [0, 0.1) is 5.92 Å². The first kappa shape index (κ1) is 17.4. The van der Waals surface area contributed by atoms with Gasteiger partial charge in [-0.25, -0.2) is 0 Å². The first-order valence-corrected chi connectivity index (χ1v) is 9.46. The van der Waals surface area contributed by atoms with Crippen molar-refractivity contribution in [2.45, 2.75) is 44.6 Å². The highest BCUT2D eigenvalue weighted by molar-refractivity contribution is 5.78. The third-order valence-electron chi connectivity index (χ3n) is 5.36. The third kappa shape index (κ3) is 5.05. The Kier molecular flexibility index (Phi) is 6.67. The van der Waals surface area contributed by atoms with Crippen LogP contribution in [-0.4, -0.2) is 49.7 Å². The molecule has 0 bridgehead atoms. The smallest absolute Gasteiger partial charge is 0.223 e. The molecule has 1 heterocycles. The average molecular weight is 330 g/mol. The molecule has 1 saturated heterocycles. The number of ether oxygens (including phenoxy) is 1. The Labute approximate surface area is 145 Å². The van der Waals surface area contributed by atoms with Crippen molar-refractivity contribution in [3.8, 4) is 0 Å². The molecule has 4 heteroatoms. The van der Waals surface area contributed by atoms with Gasteiger partial charge < -0.3 is 10.1 Å². The molecule has 1 unspecified atom stereocenters. The van der Waals surface area contributed by atoms with E-state index in [0.29, 0.717) is 6.04 Å². The molecule has 1 aromatic rings. The van der Waals surface area contributed by atoms with Crippen molar-refractivity contribution in [1.29, 1.82) is 0 Å². The lowest BCUT2D eigenvalue weighted by Crippen LogP contribution is -2.50. The van der Waals surface area contributed by atoms with Crippen LogP contribution in [0.15, 0.2) is 30.3 Å². The van der Waals surface area contributed by atoms with Crippen LogP contribution in [-0.2, 0) is 16.0 Å². The van der Waals surface area contributed by atoms with Gasteiger partial charge in [-0.15, -0.1) is 0 Å². The molecule has 132 valence electrons. The van der Waals surface area contributed by atoms with Gasteiger partial charge in [0.25, 0.3) is 0 Å². The van der Waals surface area contributed by atoms with Crippen molar-refractivity contribution in [3.63, 3.8) is 0 Å². The third-order valence-corrected chi connectivity index (χ3v) is 5.36. The zero-order chi connectivity index (χ0) is 16.6. The Morgan fingerprint density at radius 1 is 1.12 bits per heavy atom. The number of morpholine rings is 1. The second-order valence-electron chi connectivity index (χ2n) is 7.07. The quantitative estimate of drug-likeness (QED) is 0.872. The molecule has 0 aromatic heterocycles. The van der Waals surface area contributed by atoms with Gasteiger partial charge in [0.05, 0.1) is 13.2 Å². The van der Waals surface area contributed by atoms with Gasteiger partial charge in [0.2, 0.25) is 5.91 Å². The van der Waals surface area contributed by atoms with Gasteiger partial charge in [-0.05, 0) is 24.8 Å². The maximum Gasteiger partial charge on any atom is 0.223 e. The lowest BCUT2D eigenvalue weighted by molar-refractivity contribution is -0.126. The number of nitrogens with zero attached hydrogens (tertiary/aromatic N) is 1.